The van der Waals surface area contributed by atoms with Gasteiger partial charge in [-0.3, -0.25) is 4.79 Å². The number of fused-ring (bicyclic) bond motifs is 1. The maximum Gasteiger partial charge on any atom is 0.313 e. The second kappa shape index (κ2) is 4.53. The summed E-state index contributed by atoms with van der Waals surface area (Å²) >= 11 is 0. The second-order valence-electron chi connectivity index (χ2n) is 7.34. The first-order valence-electron chi connectivity index (χ1n) is 8.52. The molecular weight excluding hydrogens is 292 g/mol. The summed E-state index contributed by atoms with van der Waals surface area (Å²) in [5, 5.41) is 0. The van der Waals surface area contributed by atoms with Crippen molar-refractivity contribution >= 4 is 5.97 Å². The summed E-state index contributed by atoms with van der Waals surface area (Å²) in [6.45, 7) is 2.18. The third-order valence-corrected chi connectivity index (χ3v) is 6.34. The van der Waals surface area contributed by atoms with Crippen LogP contribution in [0.15, 0.2) is 33.7 Å². The molecule has 0 saturated carbocycles. The predicted molar refractivity (Wildman–Crippen MR) is 81.8 cm³/mol. The van der Waals surface area contributed by atoms with E-state index in [2.05, 4.69) is 6.92 Å². The Morgan fingerprint density at radius 1 is 1.30 bits per heavy atom. The van der Waals surface area contributed by atoms with Crippen LogP contribution in [0.2, 0.25) is 0 Å². The molecular formula is C19H20O4. The van der Waals surface area contributed by atoms with E-state index in [0.717, 1.165) is 43.4 Å². The van der Waals surface area contributed by atoms with E-state index < -0.39 is 5.41 Å². The molecule has 5 rings (SSSR count). The molecule has 0 N–H and O–H groups in total. The molecule has 0 amide bonds. The normalized spacial score (nSPS) is 35.3. The lowest BCUT2D eigenvalue weighted by Gasteiger charge is -2.44. The number of rotatable bonds is 1. The standard InChI is InChI=1S/C19H20O4/c1-11-7-15-17-13(10-22-15)3-2-4-14(17)19(11)8-16(23-18(19)20)12-5-6-21-9-12/h5-6,9-11,14,16H,2-4,7-8H2,1H3/t11-,14+,16+,19-/m1/s1. The molecule has 0 unspecified atom stereocenters. The van der Waals surface area contributed by atoms with Gasteiger partial charge in [0, 0.05) is 29.9 Å². The lowest BCUT2D eigenvalue weighted by atomic mass is 9.55. The number of carbonyl (C=O) groups excluding carboxylic acids is 1. The van der Waals surface area contributed by atoms with Crippen LogP contribution in [0.4, 0.5) is 0 Å². The van der Waals surface area contributed by atoms with Crippen LogP contribution >= 0.6 is 0 Å². The van der Waals surface area contributed by atoms with Crippen molar-refractivity contribution in [3.05, 3.63) is 47.3 Å². The van der Waals surface area contributed by atoms with Gasteiger partial charge in [0.2, 0.25) is 0 Å². The number of cyclic esters (lactones) is 1. The minimum atomic E-state index is -0.409. The van der Waals surface area contributed by atoms with Gasteiger partial charge >= 0.3 is 5.97 Å². The summed E-state index contributed by atoms with van der Waals surface area (Å²) in [5.41, 5.74) is 3.19. The highest BCUT2D eigenvalue weighted by Gasteiger charge is 2.61. The van der Waals surface area contributed by atoms with Gasteiger partial charge in [0.15, 0.2) is 0 Å². The van der Waals surface area contributed by atoms with E-state index in [-0.39, 0.29) is 23.9 Å². The van der Waals surface area contributed by atoms with Crippen molar-refractivity contribution < 1.29 is 18.4 Å². The van der Waals surface area contributed by atoms with Crippen LogP contribution in [0.5, 0.6) is 0 Å². The molecule has 2 aliphatic carbocycles. The number of furan rings is 2. The molecule has 23 heavy (non-hydrogen) atoms. The lowest BCUT2D eigenvalue weighted by molar-refractivity contribution is -0.153. The minimum absolute atomic E-state index is 0.0269. The van der Waals surface area contributed by atoms with E-state index in [1.165, 1.54) is 11.1 Å². The summed E-state index contributed by atoms with van der Waals surface area (Å²) in [5.74, 6) is 1.55. The molecule has 1 saturated heterocycles. The Hall–Kier alpha value is -1.97. The van der Waals surface area contributed by atoms with Crippen molar-refractivity contribution in [1.29, 1.82) is 0 Å². The van der Waals surface area contributed by atoms with Gasteiger partial charge in [-0.15, -0.1) is 0 Å². The average Bonchev–Trinajstić information content (AvgIpc) is 3.25. The first-order valence-corrected chi connectivity index (χ1v) is 8.52. The van der Waals surface area contributed by atoms with Crippen LogP contribution in [0.3, 0.4) is 0 Å². The number of esters is 1. The quantitative estimate of drug-likeness (QED) is 0.742. The minimum Gasteiger partial charge on any atom is -0.472 e. The van der Waals surface area contributed by atoms with E-state index in [9.17, 15) is 4.79 Å². The molecule has 3 heterocycles. The van der Waals surface area contributed by atoms with Gasteiger partial charge in [-0.2, -0.15) is 0 Å². The highest BCUT2D eigenvalue weighted by atomic mass is 16.6. The van der Waals surface area contributed by atoms with Crippen molar-refractivity contribution in [2.45, 2.75) is 51.0 Å². The monoisotopic (exact) mass is 312 g/mol. The molecule has 3 aliphatic rings. The van der Waals surface area contributed by atoms with Crippen molar-refractivity contribution in [3.8, 4) is 0 Å². The molecule has 4 nitrogen and oxygen atoms in total. The van der Waals surface area contributed by atoms with E-state index in [0.29, 0.717) is 0 Å². The molecule has 0 bridgehead atoms. The fraction of sp³-hybridized carbons (Fsp3) is 0.526. The molecule has 0 radical (unpaired) electrons. The maximum atomic E-state index is 13.0. The summed E-state index contributed by atoms with van der Waals surface area (Å²) in [6, 6.07) is 1.90. The van der Waals surface area contributed by atoms with Crippen LogP contribution in [0.1, 0.15) is 60.7 Å². The van der Waals surface area contributed by atoms with Gasteiger partial charge in [0.25, 0.3) is 0 Å². The molecule has 120 valence electrons. The zero-order chi connectivity index (χ0) is 15.6. The highest BCUT2D eigenvalue weighted by Crippen LogP contribution is 2.61. The molecule has 4 heteroatoms. The fourth-order valence-electron chi connectivity index (χ4n) is 5.18. The Kier molecular flexibility index (Phi) is 2.65. The summed E-state index contributed by atoms with van der Waals surface area (Å²) < 4.78 is 16.8. The van der Waals surface area contributed by atoms with E-state index in [4.69, 9.17) is 13.6 Å². The van der Waals surface area contributed by atoms with Crippen molar-refractivity contribution in [3.63, 3.8) is 0 Å². The first-order chi connectivity index (χ1) is 11.2. The Balaban J connectivity index is 1.61. The number of aryl methyl sites for hydroxylation is 1. The van der Waals surface area contributed by atoms with E-state index >= 15 is 0 Å². The molecule has 0 aromatic carbocycles. The number of carbonyl (C=O) groups is 1. The summed E-state index contributed by atoms with van der Waals surface area (Å²) in [7, 11) is 0. The third kappa shape index (κ3) is 1.64. The number of hydrogen-bond donors (Lipinski definition) is 0. The average molecular weight is 312 g/mol. The van der Waals surface area contributed by atoms with Crippen LogP contribution in [-0.2, 0) is 22.4 Å². The van der Waals surface area contributed by atoms with Gasteiger partial charge in [-0.05, 0) is 36.8 Å². The van der Waals surface area contributed by atoms with Crippen molar-refractivity contribution in [2.75, 3.05) is 0 Å². The Bertz CT molecular complexity index is 756. The van der Waals surface area contributed by atoms with Gasteiger partial charge in [-0.25, -0.2) is 0 Å². The van der Waals surface area contributed by atoms with Crippen LogP contribution in [0.25, 0.3) is 0 Å². The molecule has 4 atom stereocenters. The van der Waals surface area contributed by atoms with Crippen LogP contribution in [0, 0.1) is 11.3 Å². The first kappa shape index (κ1) is 13.5. The Morgan fingerprint density at radius 3 is 3.04 bits per heavy atom. The lowest BCUT2D eigenvalue weighted by Crippen LogP contribution is -2.44. The predicted octanol–water partition coefficient (Wildman–Crippen LogP) is 4.16. The second-order valence-corrected chi connectivity index (χ2v) is 7.34. The van der Waals surface area contributed by atoms with Gasteiger partial charge < -0.3 is 13.6 Å². The van der Waals surface area contributed by atoms with Crippen molar-refractivity contribution in [1.82, 2.24) is 0 Å². The number of ether oxygens (including phenoxy) is 1. The molecule has 2 aromatic heterocycles. The van der Waals surface area contributed by atoms with Crippen LogP contribution in [-0.4, -0.2) is 5.97 Å². The van der Waals surface area contributed by atoms with Gasteiger partial charge in [-0.1, -0.05) is 6.92 Å². The highest BCUT2D eigenvalue weighted by molar-refractivity contribution is 5.82. The zero-order valence-corrected chi connectivity index (χ0v) is 13.2. The smallest absolute Gasteiger partial charge is 0.313 e. The summed E-state index contributed by atoms with van der Waals surface area (Å²) in [4.78, 5) is 13.0. The van der Waals surface area contributed by atoms with E-state index in [1.807, 2.05) is 12.3 Å². The molecule has 1 fully saturated rings. The third-order valence-electron chi connectivity index (χ3n) is 6.34. The van der Waals surface area contributed by atoms with Gasteiger partial charge in [0.05, 0.1) is 24.2 Å². The van der Waals surface area contributed by atoms with Crippen LogP contribution < -0.4 is 0 Å². The Labute approximate surface area is 134 Å². The SMILES string of the molecule is C[C@@H]1Cc2occ3c2[C@H](CCC3)[C@@]12C[C@@H](c1ccoc1)OC2=O. The summed E-state index contributed by atoms with van der Waals surface area (Å²) in [6.07, 6.45) is 9.90. The maximum absolute atomic E-state index is 13.0. The number of hydrogen-bond acceptors (Lipinski definition) is 4. The largest absolute Gasteiger partial charge is 0.472 e. The molecule has 1 aliphatic heterocycles. The molecule has 1 spiro atoms. The topological polar surface area (TPSA) is 52.6 Å². The van der Waals surface area contributed by atoms with Gasteiger partial charge in [0.1, 0.15) is 11.9 Å². The van der Waals surface area contributed by atoms with Crippen molar-refractivity contribution in [2.24, 2.45) is 11.3 Å². The zero-order valence-electron chi connectivity index (χ0n) is 13.2. The van der Waals surface area contributed by atoms with E-state index in [1.54, 1.807) is 12.5 Å². The molecule has 2 aromatic rings. The fourth-order valence-corrected chi connectivity index (χ4v) is 5.18. The Morgan fingerprint density at radius 2 is 2.22 bits per heavy atom.